The molecule has 1 saturated heterocycles. The Morgan fingerprint density at radius 1 is 1.11 bits per heavy atom. The molecule has 3 aromatic rings. The Morgan fingerprint density at radius 2 is 1.89 bits per heavy atom. The fraction of sp³-hybridized carbons (Fsp3) is 0.500. The number of aliphatic hydroxyl groups is 1. The van der Waals surface area contributed by atoms with Crippen LogP contribution in [0.4, 0.5) is 0 Å². The first-order valence-electron chi connectivity index (χ1n) is 9.59. The van der Waals surface area contributed by atoms with Crippen LogP contribution in [0.5, 0.6) is 5.75 Å². The fourth-order valence-corrected chi connectivity index (χ4v) is 4.91. The normalized spacial score (nSPS) is 17.2. The van der Waals surface area contributed by atoms with Crippen LogP contribution in [-0.4, -0.2) is 70.3 Å². The van der Waals surface area contributed by atoms with Gasteiger partial charge in [0.2, 0.25) is 0 Å². The summed E-state index contributed by atoms with van der Waals surface area (Å²) in [4.78, 5) is 13.8. The van der Waals surface area contributed by atoms with Crippen LogP contribution in [0.3, 0.4) is 0 Å². The third kappa shape index (κ3) is 5.07. The Bertz CT molecular complexity index is 918. The van der Waals surface area contributed by atoms with E-state index < -0.39 is 6.10 Å². The van der Waals surface area contributed by atoms with Crippen molar-refractivity contribution in [3.05, 3.63) is 39.3 Å². The van der Waals surface area contributed by atoms with E-state index >= 15 is 0 Å². The van der Waals surface area contributed by atoms with Crippen LogP contribution in [0.15, 0.2) is 23.6 Å². The van der Waals surface area contributed by atoms with Gasteiger partial charge in [-0.3, -0.25) is 9.80 Å². The number of hydrogen-bond acceptors (Lipinski definition) is 8. The molecule has 0 saturated carbocycles. The quantitative estimate of drug-likeness (QED) is 0.637. The Kier molecular flexibility index (Phi) is 6.22. The molecule has 28 heavy (non-hydrogen) atoms. The molecule has 1 atom stereocenters. The molecule has 2 aromatic heterocycles. The lowest BCUT2D eigenvalue weighted by Gasteiger charge is -2.35. The van der Waals surface area contributed by atoms with Crippen LogP contribution in [0.1, 0.15) is 15.7 Å². The third-order valence-corrected chi connectivity index (χ3v) is 6.67. The first-order valence-corrected chi connectivity index (χ1v) is 11.3. The van der Waals surface area contributed by atoms with Gasteiger partial charge in [-0.15, -0.1) is 22.7 Å². The van der Waals surface area contributed by atoms with Crippen molar-refractivity contribution < 1.29 is 9.84 Å². The number of fused-ring (bicyclic) bond motifs is 1. The number of aromatic nitrogens is 2. The summed E-state index contributed by atoms with van der Waals surface area (Å²) in [6.45, 7) is 9.84. The smallest absolute Gasteiger partial charge is 0.121 e. The molecule has 3 heterocycles. The molecular weight excluding hydrogens is 392 g/mol. The molecule has 0 aliphatic carbocycles. The molecule has 1 aromatic carbocycles. The zero-order chi connectivity index (χ0) is 19.5. The Labute approximate surface area is 173 Å². The maximum atomic E-state index is 10.4. The molecule has 1 N–H and O–H groups in total. The number of hydrogen-bond donors (Lipinski definition) is 1. The van der Waals surface area contributed by atoms with Gasteiger partial charge in [-0.25, -0.2) is 9.97 Å². The van der Waals surface area contributed by atoms with E-state index in [1.165, 1.54) is 0 Å². The zero-order valence-corrected chi connectivity index (χ0v) is 17.9. The van der Waals surface area contributed by atoms with E-state index in [-0.39, 0.29) is 0 Å². The summed E-state index contributed by atoms with van der Waals surface area (Å²) in [7, 11) is 0. The second-order valence-corrected chi connectivity index (χ2v) is 9.56. The second-order valence-electron chi connectivity index (χ2n) is 7.26. The van der Waals surface area contributed by atoms with Gasteiger partial charge in [-0.2, -0.15) is 0 Å². The van der Waals surface area contributed by atoms with Crippen molar-refractivity contribution in [2.45, 2.75) is 26.5 Å². The average Bonchev–Trinajstić information content (AvgIpc) is 3.25. The summed E-state index contributed by atoms with van der Waals surface area (Å²) in [6, 6.07) is 5.93. The molecule has 0 amide bonds. The van der Waals surface area contributed by atoms with Crippen LogP contribution >= 0.6 is 22.7 Å². The van der Waals surface area contributed by atoms with Gasteiger partial charge in [0.1, 0.15) is 18.5 Å². The molecule has 0 bridgehead atoms. The number of β-amino-alcohol motifs (C(OH)–C–C–N with tert-alkyl or cyclic N) is 1. The van der Waals surface area contributed by atoms with Crippen molar-refractivity contribution in [2.24, 2.45) is 0 Å². The Hall–Kier alpha value is -1.58. The maximum absolute atomic E-state index is 10.4. The van der Waals surface area contributed by atoms with Crippen LogP contribution in [0.2, 0.25) is 0 Å². The van der Waals surface area contributed by atoms with Gasteiger partial charge in [0.25, 0.3) is 0 Å². The fourth-order valence-electron chi connectivity index (χ4n) is 3.50. The van der Waals surface area contributed by atoms with Crippen LogP contribution in [0, 0.1) is 13.8 Å². The molecule has 4 rings (SSSR count). The summed E-state index contributed by atoms with van der Waals surface area (Å²) in [6.07, 6.45) is -0.499. The predicted molar refractivity (Wildman–Crippen MR) is 114 cm³/mol. The largest absolute Gasteiger partial charge is 0.491 e. The van der Waals surface area contributed by atoms with Crippen molar-refractivity contribution in [2.75, 3.05) is 39.3 Å². The van der Waals surface area contributed by atoms with Gasteiger partial charge < -0.3 is 9.84 Å². The van der Waals surface area contributed by atoms with E-state index in [0.717, 1.165) is 64.4 Å². The number of rotatable bonds is 7. The minimum Gasteiger partial charge on any atom is -0.491 e. The predicted octanol–water partition coefficient (Wildman–Crippen LogP) is 2.93. The van der Waals surface area contributed by atoms with Crippen molar-refractivity contribution >= 4 is 32.9 Å². The highest BCUT2D eigenvalue weighted by Gasteiger charge is 2.20. The topological polar surface area (TPSA) is 61.7 Å². The number of nitrogens with zero attached hydrogens (tertiary/aromatic N) is 4. The van der Waals surface area contributed by atoms with Crippen LogP contribution in [-0.2, 0) is 6.54 Å². The first kappa shape index (κ1) is 19.7. The van der Waals surface area contributed by atoms with Crippen molar-refractivity contribution in [3.8, 4) is 5.75 Å². The summed E-state index contributed by atoms with van der Waals surface area (Å²) in [5, 5.41) is 14.7. The SMILES string of the molecule is Cc1nc(CN2CCN(C[C@H](O)COc3ccc4sc(C)nc4c3)CC2)cs1. The van der Waals surface area contributed by atoms with E-state index in [0.29, 0.717) is 13.2 Å². The van der Waals surface area contributed by atoms with Crippen LogP contribution < -0.4 is 4.74 Å². The summed E-state index contributed by atoms with van der Waals surface area (Å²) in [5.41, 5.74) is 2.12. The standard InChI is InChI=1S/C20H26N4O2S2/c1-14-21-16(13-27-14)10-23-5-7-24(8-6-23)11-17(25)12-26-18-3-4-20-19(9-18)22-15(2)28-20/h3-4,9,13,17,25H,5-8,10-12H2,1-2H3/t17-/m0/s1. The Morgan fingerprint density at radius 3 is 2.64 bits per heavy atom. The highest BCUT2D eigenvalue weighted by Crippen LogP contribution is 2.25. The van der Waals surface area contributed by atoms with E-state index in [1.54, 1.807) is 22.7 Å². The highest BCUT2D eigenvalue weighted by molar-refractivity contribution is 7.18. The van der Waals surface area contributed by atoms with Crippen LogP contribution in [0.25, 0.3) is 10.2 Å². The zero-order valence-electron chi connectivity index (χ0n) is 16.3. The molecule has 1 aliphatic heterocycles. The highest BCUT2D eigenvalue weighted by atomic mass is 32.1. The molecule has 150 valence electrons. The number of ether oxygens (including phenoxy) is 1. The molecule has 1 fully saturated rings. The van der Waals surface area contributed by atoms with Crippen molar-refractivity contribution in [1.82, 2.24) is 19.8 Å². The van der Waals surface area contributed by atoms with E-state index in [4.69, 9.17) is 4.74 Å². The number of piperazine rings is 1. The first-order chi connectivity index (χ1) is 13.5. The molecule has 0 unspecified atom stereocenters. The molecule has 1 aliphatic rings. The van der Waals surface area contributed by atoms with E-state index in [1.807, 2.05) is 32.0 Å². The van der Waals surface area contributed by atoms with Gasteiger partial charge in [0, 0.05) is 50.7 Å². The van der Waals surface area contributed by atoms with E-state index in [2.05, 4.69) is 25.1 Å². The molecule has 6 nitrogen and oxygen atoms in total. The van der Waals surface area contributed by atoms with Gasteiger partial charge >= 0.3 is 0 Å². The lowest BCUT2D eigenvalue weighted by atomic mass is 10.2. The lowest BCUT2D eigenvalue weighted by Crippen LogP contribution is -2.48. The maximum Gasteiger partial charge on any atom is 0.121 e. The van der Waals surface area contributed by atoms with Gasteiger partial charge in [-0.1, -0.05) is 0 Å². The monoisotopic (exact) mass is 418 g/mol. The van der Waals surface area contributed by atoms with Gasteiger partial charge in [0.05, 0.1) is 25.9 Å². The number of aryl methyl sites for hydroxylation is 2. The molecule has 0 spiro atoms. The minimum atomic E-state index is -0.499. The number of benzene rings is 1. The number of aliphatic hydroxyl groups excluding tert-OH is 1. The summed E-state index contributed by atoms with van der Waals surface area (Å²) >= 11 is 3.39. The molecular formula is C20H26N4O2S2. The summed E-state index contributed by atoms with van der Waals surface area (Å²) in [5.74, 6) is 0.764. The minimum absolute atomic E-state index is 0.299. The Balaban J connectivity index is 1.20. The van der Waals surface area contributed by atoms with Crippen molar-refractivity contribution in [1.29, 1.82) is 0 Å². The lowest BCUT2D eigenvalue weighted by molar-refractivity contribution is 0.0444. The second kappa shape index (κ2) is 8.84. The van der Waals surface area contributed by atoms with Gasteiger partial charge in [0.15, 0.2) is 0 Å². The number of thiazole rings is 2. The van der Waals surface area contributed by atoms with Crippen molar-refractivity contribution in [3.63, 3.8) is 0 Å². The average molecular weight is 419 g/mol. The third-order valence-electron chi connectivity index (χ3n) is 4.89. The van der Waals surface area contributed by atoms with Gasteiger partial charge in [-0.05, 0) is 26.0 Å². The molecule has 0 radical (unpaired) electrons. The molecule has 8 heteroatoms. The van der Waals surface area contributed by atoms with E-state index in [9.17, 15) is 5.11 Å². The summed E-state index contributed by atoms with van der Waals surface area (Å²) < 4.78 is 6.96.